The summed E-state index contributed by atoms with van der Waals surface area (Å²) < 4.78 is 0. The van der Waals surface area contributed by atoms with Crippen LogP contribution in [0.15, 0.2) is 36.0 Å². The summed E-state index contributed by atoms with van der Waals surface area (Å²) in [6, 6.07) is 10.1. The molecular formula is C16H19N3. The van der Waals surface area contributed by atoms with Crippen molar-refractivity contribution in [1.82, 2.24) is 4.90 Å². The Bertz CT molecular complexity index is 504. The fourth-order valence-electron chi connectivity index (χ4n) is 2.93. The smallest absolute Gasteiger partial charge is 0.0991 e. The Morgan fingerprint density at radius 2 is 1.68 bits per heavy atom. The van der Waals surface area contributed by atoms with Gasteiger partial charge in [-0.25, -0.2) is 0 Å². The molecule has 1 saturated heterocycles. The van der Waals surface area contributed by atoms with Gasteiger partial charge in [0, 0.05) is 44.0 Å². The molecule has 0 radical (unpaired) electrons. The van der Waals surface area contributed by atoms with Gasteiger partial charge >= 0.3 is 0 Å². The lowest BCUT2D eigenvalue weighted by Gasteiger charge is -2.32. The zero-order valence-corrected chi connectivity index (χ0v) is 11.2. The lowest BCUT2D eigenvalue weighted by Crippen LogP contribution is -2.32. The molecule has 0 amide bonds. The first kappa shape index (κ1) is 12.1. The lowest BCUT2D eigenvalue weighted by atomic mass is 10.1. The molecular weight excluding hydrogens is 234 g/mol. The molecule has 98 valence electrons. The van der Waals surface area contributed by atoms with Gasteiger partial charge in [0.15, 0.2) is 0 Å². The van der Waals surface area contributed by atoms with Gasteiger partial charge in [0.05, 0.1) is 11.6 Å². The zero-order valence-electron chi connectivity index (χ0n) is 11.2. The number of likely N-dealkylation sites (tertiary alicyclic amines) is 1. The summed E-state index contributed by atoms with van der Waals surface area (Å²) in [7, 11) is 0. The van der Waals surface area contributed by atoms with Gasteiger partial charge in [0.25, 0.3) is 0 Å². The molecule has 0 unspecified atom stereocenters. The summed E-state index contributed by atoms with van der Waals surface area (Å²) in [5, 5.41) is 8.82. The third-order valence-corrected chi connectivity index (χ3v) is 4.06. The second-order valence-electron chi connectivity index (χ2n) is 5.24. The first-order chi connectivity index (χ1) is 9.36. The van der Waals surface area contributed by atoms with Crippen LogP contribution in [0.3, 0.4) is 0 Å². The summed E-state index contributed by atoms with van der Waals surface area (Å²) in [6.45, 7) is 4.54. The number of rotatable bonds is 2. The van der Waals surface area contributed by atoms with Gasteiger partial charge in [-0.3, -0.25) is 0 Å². The van der Waals surface area contributed by atoms with Gasteiger partial charge in [-0.2, -0.15) is 5.26 Å². The van der Waals surface area contributed by atoms with Crippen molar-refractivity contribution < 1.29 is 0 Å². The van der Waals surface area contributed by atoms with E-state index < -0.39 is 0 Å². The van der Waals surface area contributed by atoms with Gasteiger partial charge in [-0.1, -0.05) is 0 Å². The van der Waals surface area contributed by atoms with E-state index in [4.69, 9.17) is 5.26 Å². The van der Waals surface area contributed by atoms with Crippen molar-refractivity contribution in [2.75, 3.05) is 31.1 Å². The number of hydrogen-bond donors (Lipinski definition) is 0. The molecule has 2 heterocycles. The molecule has 0 atom stereocenters. The fraction of sp³-hybridized carbons (Fsp3) is 0.438. The Kier molecular flexibility index (Phi) is 3.41. The van der Waals surface area contributed by atoms with Crippen molar-refractivity contribution in [3.8, 4) is 6.07 Å². The van der Waals surface area contributed by atoms with Gasteiger partial charge < -0.3 is 9.80 Å². The number of anilines is 1. The molecule has 0 bridgehead atoms. The fourth-order valence-corrected chi connectivity index (χ4v) is 2.93. The summed E-state index contributed by atoms with van der Waals surface area (Å²) in [5.41, 5.74) is 3.48. The van der Waals surface area contributed by atoms with E-state index in [-0.39, 0.29) is 0 Å². The standard InChI is InChI=1S/C16H19N3/c17-13-14-3-5-15(6-4-14)19-11-7-16(8-12-19)18-9-1-2-10-18/h3-7H,1-2,8-12H2. The first-order valence-electron chi connectivity index (χ1n) is 7.06. The minimum absolute atomic E-state index is 0.731. The Morgan fingerprint density at radius 3 is 2.26 bits per heavy atom. The summed E-state index contributed by atoms with van der Waals surface area (Å²) >= 11 is 0. The maximum atomic E-state index is 8.82. The van der Waals surface area contributed by atoms with Crippen molar-refractivity contribution in [2.45, 2.75) is 19.3 Å². The molecule has 0 saturated carbocycles. The third kappa shape index (κ3) is 2.58. The minimum atomic E-state index is 0.731. The van der Waals surface area contributed by atoms with Crippen molar-refractivity contribution in [2.24, 2.45) is 0 Å². The van der Waals surface area contributed by atoms with Crippen molar-refractivity contribution >= 4 is 5.69 Å². The summed E-state index contributed by atoms with van der Waals surface area (Å²) in [5.74, 6) is 0. The van der Waals surface area contributed by atoms with Gasteiger partial charge in [0.1, 0.15) is 0 Å². The summed E-state index contributed by atoms with van der Waals surface area (Å²) in [4.78, 5) is 4.91. The normalized spacial score (nSPS) is 19.2. The quantitative estimate of drug-likeness (QED) is 0.812. The molecule has 2 aliphatic rings. The average Bonchev–Trinajstić information content (AvgIpc) is 3.02. The number of benzene rings is 1. The molecule has 0 aromatic heterocycles. The van der Waals surface area contributed by atoms with E-state index in [0.29, 0.717) is 0 Å². The van der Waals surface area contributed by atoms with E-state index in [1.54, 1.807) is 0 Å². The van der Waals surface area contributed by atoms with Crippen LogP contribution >= 0.6 is 0 Å². The van der Waals surface area contributed by atoms with Crippen LogP contribution in [0.2, 0.25) is 0 Å². The Balaban J connectivity index is 1.67. The highest BCUT2D eigenvalue weighted by Crippen LogP contribution is 2.24. The molecule has 3 heteroatoms. The maximum Gasteiger partial charge on any atom is 0.0991 e. The van der Waals surface area contributed by atoms with Crippen LogP contribution in [0, 0.1) is 11.3 Å². The van der Waals surface area contributed by atoms with Gasteiger partial charge in [0.2, 0.25) is 0 Å². The Labute approximate surface area is 114 Å². The molecule has 1 aromatic rings. The second-order valence-corrected chi connectivity index (χ2v) is 5.24. The van der Waals surface area contributed by atoms with E-state index in [9.17, 15) is 0 Å². The van der Waals surface area contributed by atoms with Crippen LogP contribution in [-0.2, 0) is 0 Å². The van der Waals surface area contributed by atoms with Crippen LogP contribution in [0.1, 0.15) is 24.8 Å². The van der Waals surface area contributed by atoms with Crippen LogP contribution in [-0.4, -0.2) is 31.1 Å². The van der Waals surface area contributed by atoms with E-state index in [2.05, 4.69) is 21.9 Å². The van der Waals surface area contributed by atoms with Crippen LogP contribution in [0.25, 0.3) is 0 Å². The van der Waals surface area contributed by atoms with Crippen LogP contribution in [0.5, 0.6) is 0 Å². The molecule has 2 aliphatic heterocycles. The topological polar surface area (TPSA) is 30.3 Å². The predicted molar refractivity (Wildman–Crippen MR) is 76.9 cm³/mol. The van der Waals surface area contributed by atoms with Crippen LogP contribution < -0.4 is 4.90 Å². The molecule has 1 fully saturated rings. The molecule has 0 aliphatic carbocycles. The minimum Gasteiger partial charge on any atom is -0.375 e. The largest absolute Gasteiger partial charge is 0.375 e. The van der Waals surface area contributed by atoms with Gasteiger partial charge in [-0.05, 0) is 43.2 Å². The predicted octanol–water partition coefficient (Wildman–Crippen LogP) is 2.75. The monoisotopic (exact) mass is 253 g/mol. The third-order valence-electron chi connectivity index (χ3n) is 4.06. The SMILES string of the molecule is N#Cc1ccc(N2CC=C(N3CCCC3)CC2)cc1. The maximum absolute atomic E-state index is 8.82. The zero-order chi connectivity index (χ0) is 13.1. The number of nitriles is 1. The van der Waals surface area contributed by atoms with Crippen molar-refractivity contribution in [3.63, 3.8) is 0 Å². The molecule has 3 nitrogen and oxygen atoms in total. The molecule has 3 rings (SSSR count). The highest BCUT2D eigenvalue weighted by molar-refractivity contribution is 5.51. The van der Waals surface area contributed by atoms with E-state index >= 15 is 0 Å². The first-order valence-corrected chi connectivity index (χ1v) is 7.06. The van der Waals surface area contributed by atoms with E-state index in [1.165, 1.54) is 37.3 Å². The Morgan fingerprint density at radius 1 is 0.947 bits per heavy atom. The van der Waals surface area contributed by atoms with Crippen molar-refractivity contribution in [1.29, 1.82) is 5.26 Å². The second kappa shape index (κ2) is 5.36. The molecule has 1 aromatic carbocycles. The number of hydrogen-bond acceptors (Lipinski definition) is 3. The average molecular weight is 253 g/mol. The molecule has 0 spiro atoms. The Hall–Kier alpha value is -1.95. The van der Waals surface area contributed by atoms with E-state index in [0.717, 1.165) is 25.1 Å². The highest BCUT2D eigenvalue weighted by atomic mass is 15.2. The lowest BCUT2D eigenvalue weighted by molar-refractivity contribution is 0.402. The highest BCUT2D eigenvalue weighted by Gasteiger charge is 2.19. The van der Waals surface area contributed by atoms with Crippen molar-refractivity contribution in [3.05, 3.63) is 41.6 Å². The summed E-state index contributed by atoms with van der Waals surface area (Å²) in [6.07, 6.45) is 6.19. The van der Waals surface area contributed by atoms with Gasteiger partial charge in [-0.15, -0.1) is 0 Å². The van der Waals surface area contributed by atoms with E-state index in [1.807, 2.05) is 24.3 Å². The van der Waals surface area contributed by atoms with Crippen LogP contribution in [0.4, 0.5) is 5.69 Å². The molecule has 19 heavy (non-hydrogen) atoms. The number of nitrogens with zero attached hydrogens (tertiary/aromatic N) is 3. The molecule has 0 N–H and O–H groups in total.